The van der Waals surface area contributed by atoms with Gasteiger partial charge in [0, 0.05) is 44.0 Å². The first kappa shape index (κ1) is 20.0. The fraction of sp³-hybridized carbons (Fsp3) is 0.409. The highest BCUT2D eigenvalue weighted by Crippen LogP contribution is 2.27. The smallest absolute Gasteiger partial charge is 0.251 e. The normalized spacial score (nSPS) is 14.6. The molecule has 1 aliphatic rings. The van der Waals surface area contributed by atoms with Gasteiger partial charge in [-0.25, -0.2) is 0 Å². The highest BCUT2D eigenvalue weighted by Gasteiger charge is 2.16. The number of likely N-dealkylation sites (N-methyl/N-ethyl adjacent to an activating group) is 1. The number of benzene rings is 2. The number of piperazine rings is 1. The molecule has 1 amide bonds. The quantitative estimate of drug-likeness (QED) is 0.797. The summed E-state index contributed by atoms with van der Waals surface area (Å²) in [6.45, 7) is 7.96. The van der Waals surface area contributed by atoms with Gasteiger partial charge in [-0.05, 0) is 48.5 Å². The SMILES string of the molecule is CCN1CCN(c2ccc(C(=O)NCc3ccc(OC)c(OC)c3)cc2)CC1. The Bertz CT molecular complexity index is 784. The molecule has 2 aromatic rings. The molecular formula is C22H29N3O3. The first-order valence-corrected chi connectivity index (χ1v) is 9.71. The molecule has 0 aromatic heterocycles. The van der Waals surface area contributed by atoms with E-state index in [1.165, 1.54) is 5.69 Å². The number of amides is 1. The van der Waals surface area contributed by atoms with Crippen LogP contribution in [0.1, 0.15) is 22.8 Å². The highest BCUT2D eigenvalue weighted by atomic mass is 16.5. The van der Waals surface area contributed by atoms with E-state index in [2.05, 4.69) is 22.0 Å². The summed E-state index contributed by atoms with van der Waals surface area (Å²) in [6.07, 6.45) is 0. The molecule has 0 radical (unpaired) electrons. The number of hydrogen-bond donors (Lipinski definition) is 1. The largest absolute Gasteiger partial charge is 0.493 e. The minimum atomic E-state index is -0.0860. The Labute approximate surface area is 167 Å². The number of nitrogens with one attached hydrogen (secondary N) is 1. The van der Waals surface area contributed by atoms with E-state index in [1.807, 2.05) is 42.5 Å². The van der Waals surface area contributed by atoms with Gasteiger partial charge in [0.05, 0.1) is 14.2 Å². The lowest BCUT2D eigenvalue weighted by molar-refractivity contribution is 0.0951. The zero-order valence-electron chi connectivity index (χ0n) is 16.9. The number of hydrogen-bond acceptors (Lipinski definition) is 5. The Balaban J connectivity index is 1.56. The molecule has 0 unspecified atom stereocenters. The summed E-state index contributed by atoms with van der Waals surface area (Å²) in [7, 11) is 3.20. The number of methoxy groups -OCH3 is 2. The van der Waals surface area contributed by atoms with Gasteiger partial charge >= 0.3 is 0 Å². The lowest BCUT2D eigenvalue weighted by Crippen LogP contribution is -2.46. The van der Waals surface area contributed by atoms with Gasteiger partial charge in [0.2, 0.25) is 0 Å². The maximum Gasteiger partial charge on any atom is 0.251 e. The van der Waals surface area contributed by atoms with Crippen LogP contribution in [0.2, 0.25) is 0 Å². The Hall–Kier alpha value is -2.73. The molecule has 0 spiro atoms. The van der Waals surface area contributed by atoms with Gasteiger partial charge in [-0.1, -0.05) is 13.0 Å². The number of carbonyl (C=O) groups is 1. The van der Waals surface area contributed by atoms with Crippen LogP contribution in [0, 0.1) is 0 Å². The molecule has 6 heteroatoms. The van der Waals surface area contributed by atoms with Crippen LogP contribution >= 0.6 is 0 Å². The molecule has 0 atom stereocenters. The van der Waals surface area contributed by atoms with Crippen molar-refractivity contribution in [2.24, 2.45) is 0 Å². The number of nitrogens with zero attached hydrogens (tertiary/aromatic N) is 2. The minimum Gasteiger partial charge on any atom is -0.493 e. The Morgan fingerprint density at radius 2 is 1.64 bits per heavy atom. The third-order valence-corrected chi connectivity index (χ3v) is 5.22. The summed E-state index contributed by atoms with van der Waals surface area (Å²) in [4.78, 5) is 17.3. The van der Waals surface area contributed by atoms with Crippen molar-refractivity contribution in [3.8, 4) is 11.5 Å². The van der Waals surface area contributed by atoms with Crippen LogP contribution in [-0.2, 0) is 6.54 Å². The van der Waals surface area contributed by atoms with Crippen molar-refractivity contribution in [1.82, 2.24) is 10.2 Å². The van der Waals surface area contributed by atoms with Crippen LogP contribution in [-0.4, -0.2) is 57.8 Å². The van der Waals surface area contributed by atoms with Crippen LogP contribution in [0.15, 0.2) is 42.5 Å². The molecule has 1 fully saturated rings. The fourth-order valence-corrected chi connectivity index (χ4v) is 3.42. The van der Waals surface area contributed by atoms with E-state index in [9.17, 15) is 4.79 Å². The summed E-state index contributed by atoms with van der Waals surface area (Å²) in [5, 5.41) is 2.96. The first-order valence-electron chi connectivity index (χ1n) is 9.71. The Morgan fingerprint density at radius 1 is 0.964 bits per heavy atom. The molecule has 0 saturated carbocycles. The second kappa shape index (κ2) is 9.46. The molecule has 1 N–H and O–H groups in total. The van der Waals surface area contributed by atoms with E-state index in [0.717, 1.165) is 38.3 Å². The molecule has 2 aromatic carbocycles. The van der Waals surface area contributed by atoms with Crippen molar-refractivity contribution >= 4 is 11.6 Å². The van der Waals surface area contributed by atoms with Gasteiger partial charge in [0.15, 0.2) is 11.5 Å². The van der Waals surface area contributed by atoms with Gasteiger partial charge < -0.3 is 24.6 Å². The molecule has 28 heavy (non-hydrogen) atoms. The van der Waals surface area contributed by atoms with Crippen molar-refractivity contribution < 1.29 is 14.3 Å². The van der Waals surface area contributed by atoms with Crippen molar-refractivity contribution in [2.45, 2.75) is 13.5 Å². The summed E-state index contributed by atoms with van der Waals surface area (Å²) in [6, 6.07) is 13.5. The van der Waals surface area contributed by atoms with Gasteiger partial charge in [0.25, 0.3) is 5.91 Å². The molecule has 1 saturated heterocycles. The van der Waals surface area contributed by atoms with Gasteiger partial charge in [-0.3, -0.25) is 4.79 Å². The van der Waals surface area contributed by atoms with Crippen molar-refractivity contribution in [2.75, 3.05) is 51.8 Å². The van der Waals surface area contributed by atoms with E-state index >= 15 is 0 Å². The average Bonchev–Trinajstić information content (AvgIpc) is 2.77. The van der Waals surface area contributed by atoms with Crippen LogP contribution in [0.5, 0.6) is 11.5 Å². The van der Waals surface area contributed by atoms with Crippen LogP contribution in [0.25, 0.3) is 0 Å². The van der Waals surface area contributed by atoms with Crippen LogP contribution in [0.4, 0.5) is 5.69 Å². The number of anilines is 1. The number of carbonyl (C=O) groups excluding carboxylic acids is 1. The predicted octanol–water partition coefficient (Wildman–Crippen LogP) is 2.78. The van der Waals surface area contributed by atoms with E-state index < -0.39 is 0 Å². The van der Waals surface area contributed by atoms with E-state index in [0.29, 0.717) is 23.6 Å². The summed E-state index contributed by atoms with van der Waals surface area (Å²) in [5.41, 5.74) is 2.79. The molecule has 0 aliphatic carbocycles. The number of rotatable bonds is 7. The van der Waals surface area contributed by atoms with Gasteiger partial charge in [0.1, 0.15) is 0 Å². The maximum absolute atomic E-state index is 12.5. The standard InChI is InChI=1S/C22H29N3O3/c1-4-24-11-13-25(14-12-24)19-8-6-18(7-9-19)22(26)23-16-17-5-10-20(27-2)21(15-17)28-3/h5-10,15H,4,11-14,16H2,1-3H3,(H,23,26). The van der Waals surface area contributed by atoms with E-state index in [1.54, 1.807) is 14.2 Å². The maximum atomic E-state index is 12.5. The van der Waals surface area contributed by atoms with Crippen molar-refractivity contribution in [1.29, 1.82) is 0 Å². The van der Waals surface area contributed by atoms with Gasteiger partial charge in [-0.2, -0.15) is 0 Å². The number of ether oxygens (including phenoxy) is 2. The van der Waals surface area contributed by atoms with Gasteiger partial charge in [-0.15, -0.1) is 0 Å². The Kier molecular flexibility index (Phi) is 6.76. The summed E-state index contributed by atoms with van der Waals surface area (Å²) in [5.74, 6) is 1.24. The molecule has 150 valence electrons. The molecule has 6 nitrogen and oxygen atoms in total. The highest BCUT2D eigenvalue weighted by molar-refractivity contribution is 5.94. The second-order valence-corrected chi connectivity index (χ2v) is 6.84. The first-order chi connectivity index (χ1) is 13.6. The van der Waals surface area contributed by atoms with E-state index in [4.69, 9.17) is 9.47 Å². The molecule has 0 bridgehead atoms. The summed E-state index contributed by atoms with van der Waals surface area (Å²) >= 11 is 0. The lowest BCUT2D eigenvalue weighted by Gasteiger charge is -2.35. The average molecular weight is 383 g/mol. The van der Waals surface area contributed by atoms with Crippen LogP contribution in [0.3, 0.4) is 0 Å². The lowest BCUT2D eigenvalue weighted by atomic mass is 10.1. The third-order valence-electron chi connectivity index (χ3n) is 5.22. The Morgan fingerprint density at radius 3 is 2.25 bits per heavy atom. The van der Waals surface area contributed by atoms with Crippen LogP contribution < -0.4 is 19.7 Å². The molecule has 1 aliphatic heterocycles. The zero-order chi connectivity index (χ0) is 19.9. The monoisotopic (exact) mass is 383 g/mol. The van der Waals surface area contributed by atoms with E-state index in [-0.39, 0.29) is 5.91 Å². The second-order valence-electron chi connectivity index (χ2n) is 6.84. The topological polar surface area (TPSA) is 54.0 Å². The summed E-state index contributed by atoms with van der Waals surface area (Å²) < 4.78 is 10.5. The zero-order valence-corrected chi connectivity index (χ0v) is 16.9. The molecule has 1 heterocycles. The van der Waals surface area contributed by atoms with Crippen molar-refractivity contribution in [3.05, 3.63) is 53.6 Å². The van der Waals surface area contributed by atoms with Crippen molar-refractivity contribution in [3.63, 3.8) is 0 Å². The molecular weight excluding hydrogens is 354 g/mol. The predicted molar refractivity (Wildman–Crippen MR) is 111 cm³/mol. The fourth-order valence-electron chi connectivity index (χ4n) is 3.42. The minimum absolute atomic E-state index is 0.0860. The molecule has 3 rings (SSSR count). The third kappa shape index (κ3) is 4.75.